The molecule has 5 unspecified atom stereocenters. The first-order chi connectivity index (χ1) is 10.0. The summed E-state index contributed by atoms with van der Waals surface area (Å²) in [5.41, 5.74) is 0. The van der Waals surface area contributed by atoms with E-state index in [2.05, 4.69) is 12.2 Å². The third kappa shape index (κ3) is 2.89. The highest BCUT2D eigenvalue weighted by Crippen LogP contribution is 2.57. The Morgan fingerprint density at radius 1 is 1.14 bits per heavy atom. The summed E-state index contributed by atoms with van der Waals surface area (Å²) in [5.74, 6) is 1.60. The minimum Gasteiger partial charge on any atom is -0.460 e. The highest BCUT2D eigenvalue weighted by molar-refractivity contribution is 5.91. The zero-order valence-corrected chi connectivity index (χ0v) is 12.5. The van der Waals surface area contributed by atoms with Crippen molar-refractivity contribution in [1.82, 2.24) is 0 Å². The van der Waals surface area contributed by atoms with Crippen LogP contribution in [0.5, 0.6) is 0 Å². The molecule has 5 atom stereocenters. The largest absolute Gasteiger partial charge is 0.460 e. The molecular weight excluding hydrogens is 268 g/mol. The van der Waals surface area contributed by atoms with Crippen molar-refractivity contribution in [2.75, 3.05) is 0 Å². The summed E-state index contributed by atoms with van der Waals surface area (Å²) in [4.78, 5) is 23.2. The summed E-state index contributed by atoms with van der Waals surface area (Å²) in [6.07, 6.45) is 10.1. The summed E-state index contributed by atoms with van der Waals surface area (Å²) in [5, 5.41) is 0. The molecule has 2 saturated carbocycles. The second kappa shape index (κ2) is 5.66. The zero-order valence-electron chi connectivity index (χ0n) is 12.5. The lowest BCUT2D eigenvalue weighted by atomic mass is 9.80. The Labute approximate surface area is 125 Å². The number of carbonyl (C=O) groups is 2. The molecule has 2 fully saturated rings. The van der Waals surface area contributed by atoms with Gasteiger partial charge in [0.15, 0.2) is 0 Å². The first-order valence-electron chi connectivity index (χ1n) is 7.80. The summed E-state index contributed by atoms with van der Waals surface area (Å²) in [6.45, 7) is 3.54. The van der Waals surface area contributed by atoms with E-state index < -0.39 is 11.9 Å². The molecule has 0 aromatic carbocycles. The number of ether oxygens (including phenoxy) is 2. The third-order valence-corrected chi connectivity index (χ3v) is 4.92. The highest BCUT2D eigenvalue weighted by Gasteiger charge is 2.53. The molecule has 114 valence electrons. The SMILES string of the molecule is CC(C)OC(=O)/C=C/C(=O)OC1CC2CC1C1C=CCC21. The van der Waals surface area contributed by atoms with E-state index in [1.54, 1.807) is 13.8 Å². The number of rotatable bonds is 4. The Kier molecular flexibility index (Phi) is 3.87. The van der Waals surface area contributed by atoms with Crippen LogP contribution in [-0.4, -0.2) is 24.1 Å². The molecule has 4 heteroatoms. The Morgan fingerprint density at radius 2 is 1.90 bits per heavy atom. The summed E-state index contributed by atoms with van der Waals surface area (Å²) < 4.78 is 10.5. The maximum atomic E-state index is 11.8. The number of hydrogen-bond donors (Lipinski definition) is 0. The van der Waals surface area contributed by atoms with E-state index in [-0.39, 0.29) is 12.2 Å². The summed E-state index contributed by atoms with van der Waals surface area (Å²) >= 11 is 0. The van der Waals surface area contributed by atoms with Gasteiger partial charge in [-0.15, -0.1) is 0 Å². The van der Waals surface area contributed by atoms with Gasteiger partial charge >= 0.3 is 11.9 Å². The van der Waals surface area contributed by atoms with Crippen molar-refractivity contribution in [3.05, 3.63) is 24.3 Å². The van der Waals surface area contributed by atoms with E-state index in [4.69, 9.17) is 9.47 Å². The second-order valence-corrected chi connectivity index (χ2v) is 6.59. The van der Waals surface area contributed by atoms with E-state index in [9.17, 15) is 9.59 Å². The van der Waals surface area contributed by atoms with E-state index in [0.29, 0.717) is 17.8 Å². The maximum absolute atomic E-state index is 11.8. The van der Waals surface area contributed by atoms with Gasteiger partial charge in [0.2, 0.25) is 0 Å². The fraction of sp³-hybridized carbons (Fsp3) is 0.647. The summed E-state index contributed by atoms with van der Waals surface area (Å²) in [6, 6.07) is 0. The number of allylic oxidation sites excluding steroid dienone is 2. The van der Waals surface area contributed by atoms with Crippen LogP contribution in [0.25, 0.3) is 0 Å². The van der Waals surface area contributed by atoms with Crippen LogP contribution < -0.4 is 0 Å². The van der Waals surface area contributed by atoms with Gasteiger partial charge in [0.05, 0.1) is 6.10 Å². The van der Waals surface area contributed by atoms with Gasteiger partial charge in [-0.2, -0.15) is 0 Å². The van der Waals surface area contributed by atoms with Gasteiger partial charge in [-0.1, -0.05) is 12.2 Å². The Morgan fingerprint density at radius 3 is 2.67 bits per heavy atom. The maximum Gasteiger partial charge on any atom is 0.331 e. The smallest absolute Gasteiger partial charge is 0.331 e. The first kappa shape index (κ1) is 14.4. The molecule has 0 aliphatic heterocycles. The molecule has 4 nitrogen and oxygen atoms in total. The Hall–Kier alpha value is -1.58. The fourth-order valence-corrected chi connectivity index (χ4v) is 4.22. The predicted octanol–water partition coefficient (Wildman–Crippen LogP) is 2.64. The van der Waals surface area contributed by atoms with E-state index >= 15 is 0 Å². The number of carbonyl (C=O) groups excluding carboxylic acids is 2. The van der Waals surface area contributed by atoms with Gasteiger partial charge in [-0.05, 0) is 50.9 Å². The third-order valence-electron chi connectivity index (χ3n) is 4.92. The van der Waals surface area contributed by atoms with E-state index in [0.717, 1.165) is 18.4 Å². The Balaban J connectivity index is 1.51. The lowest BCUT2D eigenvalue weighted by Gasteiger charge is -2.30. The molecule has 3 aliphatic carbocycles. The van der Waals surface area contributed by atoms with Crippen molar-refractivity contribution in [2.45, 2.75) is 45.3 Å². The monoisotopic (exact) mass is 290 g/mol. The highest BCUT2D eigenvalue weighted by atomic mass is 16.5. The molecule has 0 aromatic heterocycles. The lowest BCUT2D eigenvalue weighted by Crippen LogP contribution is -2.31. The molecule has 0 radical (unpaired) electrons. The predicted molar refractivity (Wildman–Crippen MR) is 77.2 cm³/mol. The standard InChI is InChI=1S/C17H22O4/c1-10(2)20-16(18)6-7-17(19)21-15-9-11-8-14(15)13-5-3-4-12(11)13/h3,5-7,10-15H,4,8-9H2,1-2H3/b7-6+. The van der Waals surface area contributed by atoms with Gasteiger partial charge in [0.1, 0.15) is 6.10 Å². The minimum atomic E-state index is -0.506. The molecular formula is C17H22O4. The van der Waals surface area contributed by atoms with Crippen LogP contribution in [0.4, 0.5) is 0 Å². The molecule has 0 spiro atoms. The van der Waals surface area contributed by atoms with Crippen molar-refractivity contribution in [1.29, 1.82) is 0 Å². The van der Waals surface area contributed by atoms with Crippen molar-refractivity contribution < 1.29 is 19.1 Å². The number of hydrogen-bond acceptors (Lipinski definition) is 4. The topological polar surface area (TPSA) is 52.6 Å². The van der Waals surface area contributed by atoms with Crippen molar-refractivity contribution in [2.24, 2.45) is 23.7 Å². The van der Waals surface area contributed by atoms with Crippen molar-refractivity contribution in [3.63, 3.8) is 0 Å². The molecule has 0 N–H and O–H groups in total. The molecule has 0 heterocycles. The first-order valence-corrected chi connectivity index (χ1v) is 7.80. The molecule has 0 saturated heterocycles. The van der Waals surface area contributed by atoms with Gasteiger partial charge in [-0.3, -0.25) is 0 Å². The number of fused-ring (bicyclic) bond motifs is 5. The van der Waals surface area contributed by atoms with Gasteiger partial charge < -0.3 is 9.47 Å². The van der Waals surface area contributed by atoms with E-state index in [1.807, 2.05) is 0 Å². The average molecular weight is 290 g/mol. The second-order valence-electron chi connectivity index (χ2n) is 6.59. The van der Waals surface area contributed by atoms with Gasteiger partial charge in [0.25, 0.3) is 0 Å². The molecule has 3 rings (SSSR count). The zero-order chi connectivity index (χ0) is 15.0. The van der Waals surface area contributed by atoms with Crippen LogP contribution in [-0.2, 0) is 19.1 Å². The van der Waals surface area contributed by atoms with Crippen LogP contribution >= 0.6 is 0 Å². The number of esters is 2. The molecule has 21 heavy (non-hydrogen) atoms. The summed E-state index contributed by atoms with van der Waals surface area (Å²) in [7, 11) is 0. The molecule has 0 aromatic rings. The van der Waals surface area contributed by atoms with Crippen molar-refractivity contribution >= 4 is 11.9 Å². The van der Waals surface area contributed by atoms with Crippen LogP contribution in [0.2, 0.25) is 0 Å². The van der Waals surface area contributed by atoms with Crippen LogP contribution in [0.1, 0.15) is 33.1 Å². The quantitative estimate of drug-likeness (QED) is 0.454. The normalized spacial score (nSPS) is 36.4. The van der Waals surface area contributed by atoms with Crippen LogP contribution in [0.3, 0.4) is 0 Å². The molecule has 0 amide bonds. The van der Waals surface area contributed by atoms with Gasteiger partial charge in [-0.25, -0.2) is 9.59 Å². The van der Waals surface area contributed by atoms with Crippen LogP contribution in [0.15, 0.2) is 24.3 Å². The van der Waals surface area contributed by atoms with Crippen LogP contribution in [0, 0.1) is 23.7 Å². The molecule has 3 aliphatic rings. The lowest BCUT2D eigenvalue weighted by molar-refractivity contribution is -0.147. The Bertz CT molecular complexity index is 491. The van der Waals surface area contributed by atoms with Crippen molar-refractivity contribution in [3.8, 4) is 0 Å². The molecule has 2 bridgehead atoms. The fourth-order valence-electron chi connectivity index (χ4n) is 4.22. The van der Waals surface area contributed by atoms with Gasteiger partial charge in [0, 0.05) is 18.1 Å². The van der Waals surface area contributed by atoms with E-state index in [1.165, 1.54) is 18.9 Å². The minimum absolute atomic E-state index is 0.0114. The average Bonchev–Trinajstić information content (AvgIpc) is 3.07.